The van der Waals surface area contributed by atoms with E-state index < -0.39 is 46.1 Å². The Kier molecular flexibility index (Phi) is 8.88. The van der Waals surface area contributed by atoms with Gasteiger partial charge in [0.2, 0.25) is 0 Å². The lowest BCUT2D eigenvalue weighted by Crippen LogP contribution is -2.61. The summed E-state index contributed by atoms with van der Waals surface area (Å²) in [5, 5.41) is 1.93. The summed E-state index contributed by atoms with van der Waals surface area (Å²) in [5.41, 5.74) is -3.71. The second-order valence-corrected chi connectivity index (χ2v) is 19.7. The first-order valence-corrected chi connectivity index (χ1v) is 15.9. The smallest absolute Gasteiger partial charge is 0.409 e. The highest BCUT2D eigenvalue weighted by Gasteiger charge is 2.50. The largest absolute Gasteiger partial charge is 0.466 e. The lowest BCUT2D eigenvalue weighted by atomic mass is 10.0. The maximum Gasteiger partial charge on any atom is 0.409 e. The molecule has 0 spiro atoms. The SMILES string of the molecule is COC(=O)C(C#CCN([Si](C)(C)C)[Si](C)(C)C)(NC(=O)OC(C)(C)C)C(F)F. The van der Waals surface area contributed by atoms with E-state index in [0.29, 0.717) is 0 Å². The molecule has 0 saturated carbocycles. The maximum atomic E-state index is 13.9. The molecule has 0 radical (unpaired) electrons. The monoisotopic (exact) mass is 436 g/mol. The van der Waals surface area contributed by atoms with Gasteiger partial charge >= 0.3 is 12.1 Å². The molecule has 0 fully saturated rings. The average Bonchev–Trinajstić information content (AvgIpc) is 2.44. The molecule has 28 heavy (non-hydrogen) atoms. The van der Waals surface area contributed by atoms with Crippen molar-refractivity contribution in [1.29, 1.82) is 0 Å². The van der Waals surface area contributed by atoms with Crippen LogP contribution in [0.5, 0.6) is 0 Å². The zero-order valence-electron chi connectivity index (χ0n) is 18.6. The summed E-state index contributed by atoms with van der Waals surface area (Å²) in [6, 6.07) is 0. The molecule has 0 aromatic rings. The molecule has 0 bridgehead atoms. The first-order valence-electron chi connectivity index (χ1n) is 9.02. The third-order valence-corrected chi connectivity index (χ3v) is 11.3. The summed E-state index contributed by atoms with van der Waals surface area (Å²) in [7, 11) is -2.57. The second-order valence-electron chi connectivity index (χ2n) is 9.46. The number of nitrogens with one attached hydrogen (secondary N) is 1. The number of carbonyl (C=O) groups excluding carboxylic acids is 2. The minimum Gasteiger partial charge on any atom is -0.466 e. The summed E-state index contributed by atoms with van der Waals surface area (Å²) in [5.74, 6) is 3.65. The van der Waals surface area contributed by atoms with Gasteiger partial charge in [0.25, 0.3) is 12.0 Å². The molecule has 1 amide bonds. The number of hydrogen-bond acceptors (Lipinski definition) is 5. The van der Waals surface area contributed by atoms with Crippen molar-refractivity contribution < 1.29 is 27.8 Å². The lowest BCUT2D eigenvalue weighted by Gasteiger charge is -2.42. The van der Waals surface area contributed by atoms with Crippen LogP contribution in [0.15, 0.2) is 0 Å². The second kappa shape index (κ2) is 9.37. The van der Waals surface area contributed by atoms with E-state index in [1.165, 1.54) is 0 Å². The van der Waals surface area contributed by atoms with Crippen molar-refractivity contribution in [3.05, 3.63) is 0 Å². The van der Waals surface area contributed by atoms with Crippen molar-refractivity contribution >= 4 is 28.5 Å². The fourth-order valence-corrected chi connectivity index (χ4v) is 11.9. The molecule has 0 rings (SSSR count). The Morgan fingerprint density at radius 1 is 1.07 bits per heavy atom. The number of halogens is 2. The van der Waals surface area contributed by atoms with Crippen LogP contribution in [0.2, 0.25) is 39.3 Å². The quantitative estimate of drug-likeness (QED) is 0.391. The van der Waals surface area contributed by atoms with Crippen LogP contribution in [0.25, 0.3) is 0 Å². The molecule has 0 saturated heterocycles. The van der Waals surface area contributed by atoms with E-state index in [1.54, 1.807) is 20.8 Å². The van der Waals surface area contributed by atoms with E-state index in [0.717, 1.165) is 7.11 Å². The van der Waals surface area contributed by atoms with E-state index >= 15 is 0 Å². The highest BCUT2D eigenvalue weighted by atomic mass is 28.4. The molecule has 1 N–H and O–H groups in total. The van der Waals surface area contributed by atoms with Gasteiger partial charge < -0.3 is 13.7 Å². The third kappa shape index (κ3) is 7.89. The van der Waals surface area contributed by atoms with Crippen molar-refractivity contribution in [3.8, 4) is 11.8 Å². The predicted molar refractivity (Wildman–Crippen MR) is 111 cm³/mol. The molecule has 1 atom stereocenters. The van der Waals surface area contributed by atoms with Crippen LogP contribution in [0.1, 0.15) is 20.8 Å². The third-order valence-electron chi connectivity index (χ3n) is 3.68. The molecule has 0 heterocycles. The molecule has 0 aromatic carbocycles. The van der Waals surface area contributed by atoms with Crippen LogP contribution >= 0.6 is 0 Å². The van der Waals surface area contributed by atoms with Crippen molar-refractivity contribution in [2.45, 2.75) is 77.6 Å². The summed E-state index contributed by atoms with van der Waals surface area (Å²) < 4.78 is 39.6. The number of alkyl halides is 2. The molecule has 162 valence electrons. The van der Waals surface area contributed by atoms with Gasteiger partial charge in [-0.3, -0.25) is 5.32 Å². The Morgan fingerprint density at radius 3 is 1.86 bits per heavy atom. The topological polar surface area (TPSA) is 67.9 Å². The van der Waals surface area contributed by atoms with Crippen molar-refractivity contribution in [2.24, 2.45) is 0 Å². The number of hydrogen-bond donors (Lipinski definition) is 1. The lowest BCUT2D eigenvalue weighted by molar-refractivity contribution is -0.151. The maximum absolute atomic E-state index is 13.9. The minimum absolute atomic E-state index is 0.229. The number of alkyl carbamates (subject to hydrolysis) is 1. The van der Waals surface area contributed by atoms with Crippen molar-refractivity contribution in [1.82, 2.24) is 9.55 Å². The standard InChI is InChI=1S/C18H34F2N2O4Si2/c1-17(2,3)26-16(24)21-18(14(19)20,15(23)25-4)12-11-13-22(27(5,6)7)28(8,9)10/h14H,13H2,1-10H3,(H,21,24). The molecule has 6 nitrogen and oxygen atoms in total. The first-order chi connectivity index (χ1) is 12.4. The van der Waals surface area contributed by atoms with Crippen LogP contribution in [-0.2, 0) is 14.3 Å². The molecule has 0 aliphatic carbocycles. The van der Waals surface area contributed by atoms with Crippen LogP contribution < -0.4 is 5.32 Å². The zero-order valence-corrected chi connectivity index (χ0v) is 20.6. The molecular formula is C18H34F2N2O4Si2. The van der Waals surface area contributed by atoms with E-state index in [-0.39, 0.29) is 6.54 Å². The Bertz CT molecular complexity index is 615. The van der Waals surface area contributed by atoms with Gasteiger partial charge in [-0.25, -0.2) is 18.4 Å². The number of carbonyl (C=O) groups is 2. The van der Waals surface area contributed by atoms with Gasteiger partial charge in [-0.2, -0.15) is 0 Å². The summed E-state index contributed by atoms with van der Waals surface area (Å²) >= 11 is 0. The average molecular weight is 437 g/mol. The van der Waals surface area contributed by atoms with Gasteiger partial charge in [-0.1, -0.05) is 51.1 Å². The van der Waals surface area contributed by atoms with Crippen LogP contribution in [0, 0.1) is 11.8 Å². The zero-order chi connectivity index (χ0) is 22.6. The molecule has 10 heteroatoms. The van der Waals surface area contributed by atoms with Gasteiger partial charge in [0, 0.05) is 6.54 Å². The van der Waals surface area contributed by atoms with Crippen LogP contribution in [-0.4, -0.2) is 64.0 Å². The van der Waals surface area contributed by atoms with Crippen LogP contribution in [0.3, 0.4) is 0 Å². The van der Waals surface area contributed by atoms with Crippen LogP contribution in [0.4, 0.5) is 13.6 Å². The minimum atomic E-state index is -3.30. The van der Waals surface area contributed by atoms with E-state index in [1.807, 2.05) is 5.32 Å². The fraction of sp³-hybridized carbons (Fsp3) is 0.778. The Labute approximate surface area is 169 Å². The number of ether oxygens (including phenoxy) is 2. The Balaban J connectivity index is 5.96. The molecule has 1 unspecified atom stereocenters. The van der Waals surface area contributed by atoms with Gasteiger partial charge in [-0.05, 0) is 20.8 Å². The fourth-order valence-electron chi connectivity index (χ4n) is 2.70. The first kappa shape index (κ1) is 26.6. The molecule has 0 aromatic heterocycles. The molecule has 0 aliphatic heterocycles. The van der Waals surface area contributed by atoms with Gasteiger partial charge in [-0.15, -0.1) is 0 Å². The van der Waals surface area contributed by atoms with Crippen molar-refractivity contribution in [3.63, 3.8) is 0 Å². The number of rotatable bonds is 6. The number of esters is 1. The van der Waals surface area contributed by atoms with Gasteiger partial charge in [0.15, 0.2) is 0 Å². The molecular weight excluding hydrogens is 402 g/mol. The predicted octanol–water partition coefficient (Wildman–Crippen LogP) is 3.66. The Hall–Kier alpha value is -1.45. The summed E-state index contributed by atoms with van der Waals surface area (Å²) in [6.07, 6.45) is -4.47. The van der Waals surface area contributed by atoms with Gasteiger partial charge in [0.1, 0.15) is 22.1 Å². The summed E-state index contributed by atoms with van der Waals surface area (Å²) in [4.78, 5) is 24.3. The molecule has 0 aliphatic rings. The Morgan fingerprint density at radius 2 is 1.54 bits per heavy atom. The van der Waals surface area contributed by atoms with E-state index in [4.69, 9.17) is 4.74 Å². The van der Waals surface area contributed by atoms with E-state index in [9.17, 15) is 18.4 Å². The normalized spacial score (nSPS) is 14.8. The number of amides is 1. The van der Waals surface area contributed by atoms with E-state index in [2.05, 4.69) is 60.1 Å². The van der Waals surface area contributed by atoms with Gasteiger partial charge in [0.05, 0.1) is 7.11 Å². The van der Waals surface area contributed by atoms with Crippen molar-refractivity contribution in [2.75, 3.05) is 13.7 Å². The number of methoxy groups -OCH3 is 1. The highest BCUT2D eigenvalue weighted by Crippen LogP contribution is 2.21. The summed E-state index contributed by atoms with van der Waals surface area (Å²) in [6.45, 7) is 17.9. The number of nitrogens with zero attached hydrogens (tertiary/aromatic N) is 1. The highest BCUT2D eigenvalue weighted by molar-refractivity contribution is 6.89.